The van der Waals surface area contributed by atoms with Crippen molar-refractivity contribution in [1.29, 1.82) is 0 Å². The van der Waals surface area contributed by atoms with Gasteiger partial charge in [0.15, 0.2) is 5.96 Å². The minimum atomic E-state index is 0. The summed E-state index contributed by atoms with van der Waals surface area (Å²) in [6.45, 7) is 10.6. The van der Waals surface area contributed by atoms with E-state index in [1.807, 2.05) is 6.92 Å². The molecular formula is C18H30IN3O2. The highest BCUT2D eigenvalue weighted by Gasteiger charge is 2.21. The Kier molecular flexibility index (Phi) is 8.66. The van der Waals surface area contributed by atoms with E-state index in [9.17, 15) is 0 Å². The fraction of sp³-hybridized carbons (Fsp3) is 0.611. The highest BCUT2D eigenvalue weighted by molar-refractivity contribution is 14.0. The Bertz CT molecular complexity index is 561. The van der Waals surface area contributed by atoms with Gasteiger partial charge in [-0.15, -0.1) is 24.0 Å². The number of nitrogens with one attached hydrogen (secondary N) is 2. The third-order valence-corrected chi connectivity index (χ3v) is 3.73. The van der Waals surface area contributed by atoms with Gasteiger partial charge in [0.05, 0.1) is 6.61 Å². The maximum atomic E-state index is 5.86. The van der Waals surface area contributed by atoms with E-state index >= 15 is 0 Å². The van der Waals surface area contributed by atoms with Gasteiger partial charge in [-0.1, -0.05) is 13.8 Å². The van der Waals surface area contributed by atoms with E-state index in [0.717, 1.165) is 36.0 Å². The summed E-state index contributed by atoms with van der Waals surface area (Å²) in [5, 5.41) is 6.66. The maximum absolute atomic E-state index is 5.86. The number of benzene rings is 1. The van der Waals surface area contributed by atoms with Crippen LogP contribution in [0.25, 0.3) is 0 Å². The number of aliphatic imine (C=N–C) groups is 1. The molecule has 136 valence electrons. The van der Waals surface area contributed by atoms with E-state index in [0.29, 0.717) is 19.1 Å². The number of nitrogens with zero attached hydrogens (tertiary/aromatic N) is 1. The number of guanidine groups is 1. The molecular weight excluding hydrogens is 417 g/mol. The topological polar surface area (TPSA) is 54.9 Å². The summed E-state index contributed by atoms with van der Waals surface area (Å²) in [6.07, 6.45) is 1.18. The van der Waals surface area contributed by atoms with E-state index in [4.69, 9.17) is 9.47 Å². The number of hydrogen-bond donors (Lipinski definition) is 2. The summed E-state index contributed by atoms with van der Waals surface area (Å²) >= 11 is 0. The molecule has 6 heteroatoms. The summed E-state index contributed by atoms with van der Waals surface area (Å²) in [7, 11) is 1.78. The van der Waals surface area contributed by atoms with E-state index in [2.05, 4.69) is 48.5 Å². The molecule has 0 amide bonds. The Morgan fingerprint density at radius 3 is 2.75 bits per heavy atom. The van der Waals surface area contributed by atoms with E-state index in [1.165, 1.54) is 5.56 Å². The van der Waals surface area contributed by atoms with Crippen LogP contribution in [0.1, 0.15) is 38.8 Å². The zero-order valence-corrected chi connectivity index (χ0v) is 17.6. The quantitative estimate of drug-likeness (QED) is 0.399. The number of hydrogen-bond acceptors (Lipinski definition) is 3. The Morgan fingerprint density at radius 1 is 1.38 bits per heavy atom. The average Bonchev–Trinajstić information content (AvgIpc) is 2.86. The van der Waals surface area contributed by atoms with Gasteiger partial charge in [-0.2, -0.15) is 0 Å². The zero-order valence-electron chi connectivity index (χ0n) is 15.3. The summed E-state index contributed by atoms with van der Waals surface area (Å²) in [5.41, 5.74) is 2.32. The molecule has 1 aliphatic rings. The molecule has 0 bridgehead atoms. The first kappa shape index (κ1) is 20.9. The van der Waals surface area contributed by atoms with Gasteiger partial charge in [-0.25, -0.2) is 0 Å². The number of rotatable bonds is 6. The molecule has 1 aliphatic heterocycles. The number of fused-ring (bicyclic) bond motifs is 1. The molecule has 0 saturated heterocycles. The lowest BCUT2D eigenvalue weighted by atomic mass is 10.1. The van der Waals surface area contributed by atoms with Crippen LogP contribution in [0.2, 0.25) is 0 Å². The van der Waals surface area contributed by atoms with E-state index in [1.54, 1.807) is 7.05 Å². The molecule has 0 fully saturated rings. The van der Waals surface area contributed by atoms with Gasteiger partial charge >= 0.3 is 0 Å². The second-order valence-electron chi connectivity index (χ2n) is 6.33. The van der Waals surface area contributed by atoms with Crippen LogP contribution in [0.3, 0.4) is 0 Å². The predicted molar refractivity (Wildman–Crippen MR) is 110 cm³/mol. The second kappa shape index (κ2) is 9.96. The molecule has 1 heterocycles. The monoisotopic (exact) mass is 447 g/mol. The standard InChI is InChI=1S/C18H29N3O2.HI/c1-6-22-16-8-14-7-13(4)23-17(14)9-15(16)11-21-18(19-5)20-10-12(2)3;/h8-9,12-13H,6-7,10-11H2,1-5H3,(H2,19,20,21);1H. The highest BCUT2D eigenvalue weighted by Crippen LogP contribution is 2.35. The van der Waals surface area contributed by atoms with Crippen LogP contribution < -0.4 is 20.1 Å². The lowest BCUT2D eigenvalue weighted by Gasteiger charge is -2.16. The Morgan fingerprint density at radius 2 is 2.12 bits per heavy atom. The van der Waals surface area contributed by atoms with E-state index in [-0.39, 0.29) is 30.1 Å². The summed E-state index contributed by atoms with van der Waals surface area (Å²) in [5.74, 6) is 3.27. The molecule has 1 atom stereocenters. The molecule has 1 aromatic rings. The first-order valence-corrected chi connectivity index (χ1v) is 8.43. The lowest BCUT2D eigenvalue weighted by Crippen LogP contribution is -2.38. The molecule has 0 aromatic heterocycles. The molecule has 1 aromatic carbocycles. The highest BCUT2D eigenvalue weighted by atomic mass is 127. The third kappa shape index (κ3) is 5.72. The van der Waals surface area contributed by atoms with Crippen LogP contribution in [0, 0.1) is 5.92 Å². The Hall–Kier alpha value is -1.18. The molecule has 2 N–H and O–H groups in total. The molecule has 0 saturated carbocycles. The van der Waals surface area contributed by atoms with Crippen molar-refractivity contribution in [3.8, 4) is 11.5 Å². The van der Waals surface area contributed by atoms with Crippen molar-refractivity contribution in [3.63, 3.8) is 0 Å². The minimum absolute atomic E-state index is 0. The molecule has 24 heavy (non-hydrogen) atoms. The zero-order chi connectivity index (χ0) is 16.8. The molecule has 0 aliphatic carbocycles. The normalized spacial score (nSPS) is 16.2. The smallest absolute Gasteiger partial charge is 0.191 e. The van der Waals surface area contributed by atoms with E-state index < -0.39 is 0 Å². The van der Waals surface area contributed by atoms with Crippen molar-refractivity contribution in [2.45, 2.75) is 46.8 Å². The maximum Gasteiger partial charge on any atom is 0.191 e. The fourth-order valence-corrected chi connectivity index (χ4v) is 2.61. The summed E-state index contributed by atoms with van der Waals surface area (Å²) in [4.78, 5) is 4.26. The molecule has 1 unspecified atom stereocenters. The Labute approximate surface area is 162 Å². The first-order chi connectivity index (χ1) is 11.0. The SMILES string of the molecule is CCOc1cc2c(cc1CNC(=NC)NCC(C)C)OC(C)C2.I. The molecule has 0 spiro atoms. The number of ether oxygens (including phenoxy) is 2. The minimum Gasteiger partial charge on any atom is -0.494 e. The largest absolute Gasteiger partial charge is 0.494 e. The van der Waals surface area contributed by atoms with Crippen molar-refractivity contribution < 1.29 is 9.47 Å². The van der Waals surface area contributed by atoms with Crippen molar-refractivity contribution in [2.24, 2.45) is 10.9 Å². The van der Waals surface area contributed by atoms with Gasteiger partial charge < -0.3 is 20.1 Å². The van der Waals surface area contributed by atoms with Crippen LogP contribution in [0.15, 0.2) is 17.1 Å². The van der Waals surface area contributed by atoms with Crippen LogP contribution in [-0.2, 0) is 13.0 Å². The van der Waals surface area contributed by atoms with Gasteiger partial charge in [0.1, 0.15) is 17.6 Å². The molecule has 2 rings (SSSR count). The van der Waals surface area contributed by atoms with Crippen LogP contribution in [0.4, 0.5) is 0 Å². The lowest BCUT2D eigenvalue weighted by molar-refractivity contribution is 0.254. The average molecular weight is 447 g/mol. The van der Waals surface area contributed by atoms with Crippen molar-refractivity contribution >= 4 is 29.9 Å². The predicted octanol–water partition coefficient (Wildman–Crippen LogP) is 3.35. The Balaban J connectivity index is 0.00000288. The molecule has 5 nitrogen and oxygen atoms in total. The first-order valence-electron chi connectivity index (χ1n) is 8.43. The van der Waals surface area contributed by atoms with Gasteiger partial charge in [-0.3, -0.25) is 4.99 Å². The van der Waals surface area contributed by atoms with Crippen LogP contribution in [0.5, 0.6) is 11.5 Å². The molecule has 0 radical (unpaired) electrons. The third-order valence-electron chi connectivity index (χ3n) is 3.73. The van der Waals surface area contributed by atoms with Gasteiger partial charge in [0.25, 0.3) is 0 Å². The number of halogens is 1. The second-order valence-corrected chi connectivity index (χ2v) is 6.33. The van der Waals surface area contributed by atoms with Crippen molar-refractivity contribution in [3.05, 3.63) is 23.3 Å². The van der Waals surface area contributed by atoms with Crippen molar-refractivity contribution in [2.75, 3.05) is 20.2 Å². The summed E-state index contributed by atoms with van der Waals surface area (Å²) in [6, 6.07) is 4.20. The van der Waals surface area contributed by atoms with Gasteiger partial charge in [0, 0.05) is 37.7 Å². The fourth-order valence-electron chi connectivity index (χ4n) is 2.61. The van der Waals surface area contributed by atoms with Gasteiger partial charge in [-0.05, 0) is 31.9 Å². The van der Waals surface area contributed by atoms with Gasteiger partial charge in [0.2, 0.25) is 0 Å². The van der Waals surface area contributed by atoms with Crippen LogP contribution >= 0.6 is 24.0 Å². The van der Waals surface area contributed by atoms with Crippen molar-refractivity contribution in [1.82, 2.24) is 10.6 Å². The summed E-state index contributed by atoms with van der Waals surface area (Å²) < 4.78 is 11.7. The van der Waals surface area contributed by atoms with Crippen LogP contribution in [-0.4, -0.2) is 32.3 Å².